The van der Waals surface area contributed by atoms with Gasteiger partial charge in [-0.3, -0.25) is 4.79 Å². The topological polar surface area (TPSA) is 65.5 Å². The van der Waals surface area contributed by atoms with E-state index in [1.165, 1.54) is 5.56 Å². The van der Waals surface area contributed by atoms with E-state index in [0.717, 1.165) is 25.9 Å². The number of aliphatic imine (C=N–C) groups is 1. The fourth-order valence-electron chi connectivity index (χ4n) is 1.89. The monoisotopic (exact) mass is 290 g/mol. The molecule has 0 unspecified atom stereocenters. The van der Waals surface area contributed by atoms with Gasteiger partial charge in [-0.25, -0.2) is 4.99 Å². The number of nitrogens with one attached hydrogen (secondary N) is 3. The van der Waals surface area contributed by atoms with E-state index in [1.54, 1.807) is 0 Å². The van der Waals surface area contributed by atoms with Crippen molar-refractivity contribution >= 4 is 11.9 Å². The van der Waals surface area contributed by atoms with E-state index in [2.05, 4.69) is 45.2 Å². The average molecular weight is 290 g/mol. The summed E-state index contributed by atoms with van der Waals surface area (Å²) in [4.78, 5) is 15.7. The van der Waals surface area contributed by atoms with Gasteiger partial charge in [0.2, 0.25) is 5.91 Å². The number of benzene rings is 1. The molecule has 21 heavy (non-hydrogen) atoms. The van der Waals surface area contributed by atoms with Gasteiger partial charge >= 0.3 is 0 Å². The molecule has 5 nitrogen and oxygen atoms in total. The van der Waals surface area contributed by atoms with Gasteiger partial charge in [0.15, 0.2) is 5.96 Å². The standard InChI is InChI=1S/C16H26N4O/c1-3-17-15(21)13-20-16(18-4-2)19-12-8-11-14-9-6-5-7-10-14/h5-7,9-10H,3-4,8,11-13H2,1-2H3,(H,17,21)(H2,18,19,20). The van der Waals surface area contributed by atoms with Crippen LogP contribution in [0.3, 0.4) is 0 Å². The Bertz CT molecular complexity index is 431. The molecule has 3 N–H and O–H groups in total. The summed E-state index contributed by atoms with van der Waals surface area (Å²) in [6, 6.07) is 10.4. The van der Waals surface area contributed by atoms with Gasteiger partial charge in [0, 0.05) is 19.6 Å². The number of carbonyl (C=O) groups is 1. The molecule has 1 aromatic carbocycles. The number of amides is 1. The highest BCUT2D eigenvalue weighted by Crippen LogP contribution is 2.01. The summed E-state index contributed by atoms with van der Waals surface area (Å²) < 4.78 is 0. The molecular weight excluding hydrogens is 264 g/mol. The number of nitrogens with zero attached hydrogens (tertiary/aromatic N) is 1. The van der Waals surface area contributed by atoms with Gasteiger partial charge in [-0.1, -0.05) is 30.3 Å². The highest BCUT2D eigenvalue weighted by atomic mass is 16.1. The van der Waals surface area contributed by atoms with Crippen LogP contribution in [0, 0.1) is 0 Å². The zero-order valence-electron chi connectivity index (χ0n) is 13.0. The summed E-state index contributed by atoms with van der Waals surface area (Å²) in [5.74, 6) is 0.635. The van der Waals surface area contributed by atoms with Crippen LogP contribution in [-0.2, 0) is 11.2 Å². The summed E-state index contributed by atoms with van der Waals surface area (Å²) in [5.41, 5.74) is 1.34. The Hall–Kier alpha value is -2.04. The predicted octanol–water partition coefficient (Wildman–Crippen LogP) is 1.31. The van der Waals surface area contributed by atoms with E-state index in [4.69, 9.17) is 0 Å². The van der Waals surface area contributed by atoms with Gasteiger partial charge in [-0.15, -0.1) is 0 Å². The number of carbonyl (C=O) groups excluding carboxylic acids is 1. The Labute approximate surface area is 127 Å². The molecule has 0 radical (unpaired) electrons. The van der Waals surface area contributed by atoms with Crippen LogP contribution >= 0.6 is 0 Å². The maximum Gasteiger partial charge on any atom is 0.241 e. The molecule has 0 saturated heterocycles. The van der Waals surface area contributed by atoms with E-state index in [9.17, 15) is 4.79 Å². The second-order valence-corrected chi connectivity index (χ2v) is 4.66. The summed E-state index contributed by atoms with van der Waals surface area (Å²) >= 11 is 0. The fraction of sp³-hybridized carbons (Fsp3) is 0.500. The van der Waals surface area contributed by atoms with E-state index in [1.807, 2.05) is 19.9 Å². The Morgan fingerprint density at radius 1 is 1.05 bits per heavy atom. The first-order valence-corrected chi connectivity index (χ1v) is 7.59. The maximum absolute atomic E-state index is 11.4. The summed E-state index contributed by atoms with van der Waals surface area (Å²) in [7, 11) is 0. The SMILES string of the molecule is CCNC(=O)CN=C(NCC)NCCCc1ccccc1. The number of hydrogen-bond acceptors (Lipinski definition) is 2. The third-order valence-corrected chi connectivity index (χ3v) is 2.88. The van der Waals surface area contributed by atoms with Crippen molar-refractivity contribution in [1.82, 2.24) is 16.0 Å². The molecule has 5 heteroatoms. The average Bonchev–Trinajstić information content (AvgIpc) is 2.50. The zero-order chi connectivity index (χ0) is 15.3. The van der Waals surface area contributed by atoms with Crippen LogP contribution in [0.15, 0.2) is 35.3 Å². The second-order valence-electron chi connectivity index (χ2n) is 4.66. The Morgan fingerprint density at radius 2 is 1.76 bits per heavy atom. The molecule has 0 fully saturated rings. The molecule has 0 aromatic heterocycles. The summed E-state index contributed by atoms with van der Waals surface area (Å²) in [6.07, 6.45) is 2.05. The summed E-state index contributed by atoms with van der Waals surface area (Å²) in [5, 5.41) is 9.12. The smallest absolute Gasteiger partial charge is 0.241 e. The molecule has 0 aliphatic rings. The van der Waals surface area contributed by atoms with E-state index < -0.39 is 0 Å². The normalized spacial score (nSPS) is 11.0. The molecule has 0 saturated carbocycles. The van der Waals surface area contributed by atoms with Crippen LogP contribution in [0.4, 0.5) is 0 Å². The minimum Gasteiger partial charge on any atom is -0.357 e. The summed E-state index contributed by atoms with van der Waals surface area (Å²) in [6.45, 7) is 6.30. The third-order valence-electron chi connectivity index (χ3n) is 2.88. The highest BCUT2D eigenvalue weighted by Gasteiger charge is 2.00. The van der Waals surface area contributed by atoms with Crippen molar-refractivity contribution in [3.63, 3.8) is 0 Å². The Kier molecular flexibility index (Phi) is 8.68. The van der Waals surface area contributed by atoms with Crippen LogP contribution in [0.1, 0.15) is 25.8 Å². The quantitative estimate of drug-likeness (QED) is 0.384. The van der Waals surface area contributed by atoms with Gasteiger partial charge in [-0.05, 0) is 32.3 Å². The van der Waals surface area contributed by atoms with Crippen molar-refractivity contribution in [2.24, 2.45) is 4.99 Å². The van der Waals surface area contributed by atoms with Crippen molar-refractivity contribution in [2.75, 3.05) is 26.2 Å². The third kappa shape index (κ3) is 7.97. The largest absolute Gasteiger partial charge is 0.357 e. The molecule has 1 rings (SSSR count). The number of rotatable bonds is 8. The van der Waals surface area contributed by atoms with E-state index in [0.29, 0.717) is 12.5 Å². The van der Waals surface area contributed by atoms with Crippen molar-refractivity contribution in [1.29, 1.82) is 0 Å². The molecule has 0 heterocycles. The lowest BCUT2D eigenvalue weighted by atomic mass is 10.1. The molecule has 0 aliphatic carbocycles. The number of hydrogen-bond donors (Lipinski definition) is 3. The molecule has 1 amide bonds. The molecule has 0 spiro atoms. The zero-order valence-corrected chi connectivity index (χ0v) is 13.0. The van der Waals surface area contributed by atoms with Crippen LogP contribution in [0.5, 0.6) is 0 Å². The number of aryl methyl sites for hydroxylation is 1. The van der Waals surface area contributed by atoms with Crippen LogP contribution < -0.4 is 16.0 Å². The first-order chi connectivity index (χ1) is 10.3. The molecule has 116 valence electrons. The molecule has 0 bridgehead atoms. The maximum atomic E-state index is 11.4. The molecular formula is C16H26N4O. The van der Waals surface area contributed by atoms with Crippen molar-refractivity contribution < 1.29 is 4.79 Å². The van der Waals surface area contributed by atoms with Crippen LogP contribution in [0.25, 0.3) is 0 Å². The van der Waals surface area contributed by atoms with E-state index in [-0.39, 0.29) is 12.5 Å². The molecule has 0 aliphatic heterocycles. The van der Waals surface area contributed by atoms with Gasteiger partial charge in [-0.2, -0.15) is 0 Å². The Balaban J connectivity index is 2.30. The lowest BCUT2D eigenvalue weighted by Crippen LogP contribution is -2.39. The number of guanidine groups is 1. The van der Waals surface area contributed by atoms with Crippen molar-refractivity contribution in [3.8, 4) is 0 Å². The van der Waals surface area contributed by atoms with Crippen molar-refractivity contribution in [2.45, 2.75) is 26.7 Å². The minimum atomic E-state index is -0.0565. The highest BCUT2D eigenvalue weighted by molar-refractivity contribution is 5.84. The first-order valence-electron chi connectivity index (χ1n) is 7.59. The van der Waals surface area contributed by atoms with Crippen LogP contribution in [0.2, 0.25) is 0 Å². The predicted molar refractivity (Wildman–Crippen MR) is 87.4 cm³/mol. The van der Waals surface area contributed by atoms with Crippen molar-refractivity contribution in [3.05, 3.63) is 35.9 Å². The lowest BCUT2D eigenvalue weighted by Gasteiger charge is -2.11. The number of likely N-dealkylation sites (N-methyl/N-ethyl adjacent to an activating group) is 1. The second kappa shape index (κ2) is 10.7. The first kappa shape index (κ1) is 17.0. The van der Waals surface area contributed by atoms with Gasteiger partial charge in [0.1, 0.15) is 6.54 Å². The molecule has 0 atom stereocenters. The minimum absolute atomic E-state index is 0.0565. The van der Waals surface area contributed by atoms with Gasteiger partial charge in [0.05, 0.1) is 0 Å². The Morgan fingerprint density at radius 3 is 2.43 bits per heavy atom. The molecule has 1 aromatic rings. The van der Waals surface area contributed by atoms with E-state index >= 15 is 0 Å². The van der Waals surface area contributed by atoms with Gasteiger partial charge in [0.25, 0.3) is 0 Å². The fourth-order valence-corrected chi connectivity index (χ4v) is 1.89. The van der Waals surface area contributed by atoms with Gasteiger partial charge < -0.3 is 16.0 Å². The van der Waals surface area contributed by atoms with Crippen LogP contribution in [-0.4, -0.2) is 38.0 Å². The lowest BCUT2D eigenvalue weighted by molar-refractivity contribution is -0.119.